The highest BCUT2D eigenvalue weighted by Crippen LogP contribution is 2.31. The molecular weight excluding hydrogens is 319 g/mol. The highest BCUT2D eigenvalue weighted by atomic mass is 19.1. The number of likely N-dealkylation sites (tertiary alicyclic amines) is 1. The van der Waals surface area contributed by atoms with E-state index >= 15 is 0 Å². The normalized spacial score (nSPS) is 17.4. The number of hydrogen-bond acceptors (Lipinski definition) is 3. The van der Waals surface area contributed by atoms with Gasteiger partial charge in [0.05, 0.1) is 17.7 Å². The van der Waals surface area contributed by atoms with Gasteiger partial charge in [-0.05, 0) is 61.7 Å². The first-order valence-electron chi connectivity index (χ1n) is 8.75. The summed E-state index contributed by atoms with van der Waals surface area (Å²) in [5.74, 6) is -1.26. The molecule has 2 heterocycles. The minimum absolute atomic E-state index is 0.0822. The third-order valence-corrected chi connectivity index (χ3v) is 4.97. The Kier molecular flexibility index (Phi) is 5.43. The van der Waals surface area contributed by atoms with Gasteiger partial charge in [0.15, 0.2) is 0 Å². The van der Waals surface area contributed by atoms with Crippen molar-refractivity contribution in [2.24, 2.45) is 5.92 Å². The van der Waals surface area contributed by atoms with Gasteiger partial charge in [0.25, 0.3) is 0 Å². The number of halogens is 1. The summed E-state index contributed by atoms with van der Waals surface area (Å²) in [5, 5.41) is 9.21. The Morgan fingerprint density at radius 2 is 1.92 bits per heavy atom. The fourth-order valence-electron chi connectivity index (χ4n) is 3.43. The van der Waals surface area contributed by atoms with Crippen LogP contribution in [0.2, 0.25) is 0 Å². The second-order valence-electron chi connectivity index (χ2n) is 6.55. The molecule has 0 spiro atoms. The summed E-state index contributed by atoms with van der Waals surface area (Å²) in [6.45, 7) is 3.47. The molecule has 25 heavy (non-hydrogen) atoms. The third kappa shape index (κ3) is 4.04. The zero-order valence-corrected chi connectivity index (χ0v) is 14.4. The molecule has 5 heteroatoms. The summed E-state index contributed by atoms with van der Waals surface area (Å²) in [6, 6.07) is 10.5. The van der Waals surface area contributed by atoms with Gasteiger partial charge in [0, 0.05) is 6.20 Å². The number of aromatic nitrogens is 1. The molecule has 2 aromatic rings. The fourth-order valence-corrected chi connectivity index (χ4v) is 3.43. The summed E-state index contributed by atoms with van der Waals surface area (Å²) in [7, 11) is 0. The lowest BCUT2D eigenvalue weighted by Crippen LogP contribution is -2.39. The Balaban J connectivity index is 1.89. The van der Waals surface area contributed by atoms with Crippen molar-refractivity contribution in [3.05, 3.63) is 65.2 Å². The maximum absolute atomic E-state index is 13.3. The first-order chi connectivity index (χ1) is 12.1. The Hall–Kier alpha value is -2.27. The topological polar surface area (TPSA) is 53.4 Å². The molecular formula is C20H23FN2O2. The molecule has 0 bridgehead atoms. The number of benzene rings is 1. The van der Waals surface area contributed by atoms with Crippen LogP contribution in [0.3, 0.4) is 0 Å². The molecule has 1 aromatic heterocycles. The predicted octanol–water partition coefficient (Wildman–Crippen LogP) is 3.67. The highest BCUT2D eigenvalue weighted by Gasteiger charge is 2.30. The minimum atomic E-state index is -0.719. The van der Waals surface area contributed by atoms with Crippen molar-refractivity contribution in [1.29, 1.82) is 0 Å². The lowest BCUT2D eigenvalue weighted by molar-refractivity contribution is -0.143. The van der Waals surface area contributed by atoms with E-state index in [9.17, 15) is 14.3 Å². The van der Waals surface area contributed by atoms with Crippen LogP contribution >= 0.6 is 0 Å². The number of aliphatic carboxylic acids is 1. The molecule has 1 aliphatic rings. The van der Waals surface area contributed by atoms with Gasteiger partial charge in [-0.15, -0.1) is 0 Å². The van der Waals surface area contributed by atoms with Gasteiger partial charge in [-0.25, -0.2) is 4.39 Å². The summed E-state index contributed by atoms with van der Waals surface area (Å²) in [4.78, 5) is 18.1. The summed E-state index contributed by atoms with van der Waals surface area (Å²) >= 11 is 0. The Morgan fingerprint density at radius 1 is 1.24 bits per heavy atom. The molecule has 1 aromatic carbocycles. The molecule has 1 fully saturated rings. The van der Waals surface area contributed by atoms with Gasteiger partial charge in [0.2, 0.25) is 0 Å². The molecule has 0 radical (unpaired) electrons. The van der Waals surface area contributed by atoms with Crippen molar-refractivity contribution in [3.63, 3.8) is 0 Å². The average Bonchev–Trinajstić information content (AvgIpc) is 2.64. The van der Waals surface area contributed by atoms with Crippen molar-refractivity contribution in [2.75, 3.05) is 13.1 Å². The van der Waals surface area contributed by atoms with E-state index in [1.807, 2.05) is 12.3 Å². The number of aryl methyl sites for hydroxylation is 1. The van der Waals surface area contributed by atoms with Crippen molar-refractivity contribution >= 4 is 5.97 Å². The Morgan fingerprint density at radius 3 is 2.44 bits per heavy atom. The number of carboxylic acid groups (broad SMARTS) is 1. The maximum Gasteiger partial charge on any atom is 0.306 e. The molecule has 1 saturated heterocycles. The first-order valence-corrected chi connectivity index (χ1v) is 8.75. The standard InChI is InChI=1S/C20H23FN2O2/c1-2-14-3-8-18(22-13-14)19(15-4-6-17(21)7-5-15)23-11-9-16(10-12-23)20(24)25/h3-8,13,16,19H,2,9-12H2,1H3,(H,24,25). The lowest BCUT2D eigenvalue weighted by Gasteiger charge is -2.36. The Labute approximate surface area is 147 Å². The lowest BCUT2D eigenvalue weighted by atomic mass is 9.93. The predicted molar refractivity (Wildman–Crippen MR) is 93.8 cm³/mol. The largest absolute Gasteiger partial charge is 0.481 e. The molecule has 1 N–H and O–H groups in total. The summed E-state index contributed by atoms with van der Waals surface area (Å²) in [5.41, 5.74) is 3.07. The molecule has 1 unspecified atom stereocenters. The van der Waals surface area contributed by atoms with Crippen LogP contribution in [0.1, 0.15) is 42.6 Å². The van der Waals surface area contributed by atoms with E-state index in [2.05, 4.69) is 22.9 Å². The van der Waals surface area contributed by atoms with Crippen molar-refractivity contribution < 1.29 is 14.3 Å². The zero-order chi connectivity index (χ0) is 17.8. The van der Waals surface area contributed by atoms with Crippen LogP contribution < -0.4 is 0 Å². The number of carboxylic acids is 1. The second kappa shape index (κ2) is 7.74. The number of hydrogen-bond donors (Lipinski definition) is 1. The van der Waals surface area contributed by atoms with Crippen LogP contribution in [0, 0.1) is 11.7 Å². The van der Waals surface area contributed by atoms with Crippen molar-refractivity contribution in [2.45, 2.75) is 32.2 Å². The number of rotatable bonds is 5. The molecule has 1 atom stereocenters. The molecule has 0 amide bonds. The molecule has 132 valence electrons. The fraction of sp³-hybridized carbons (Fsp3) is 0.400. The van der Waals surface area contributed by atoms with Crippen molar-refractivity contribution in [1.82, 2.24) is 9.88 Å². The molecule has 4 nitrogen and oxygen atoms in total. The van der Waals surface area contributed by atoms with Crippen LogP contribution in [0.4, 0.5) is 4.39 Å². The first kappa shape index (κ1) is 17.5. The van der Waals surface area contributed by atoms with Gasteiger partial charge in [0.1, 0.15) is 5.82 Å². The minimum Gasteiger partial charge on any atom is -0.481 e. The zero-order valence-electron chi connectivity index (χ0n) is 14.4. The van der Waals surface area contributed by atoms with E-state index in [0.29, 0.717) is 25.9 Å². The van der Waals surface area contributed by atoms with E-state index in [-0.39, 0.29) is 17.8 Å². The Bertz CT molecular complexity index is 707. The maximum atomic E-state index is 13.3. The van der Waals surface area contributed by atoms with Crippen LogP contribution in [0.25, 0.3) is 0 Å². The third-order valence-electron chi connectivity index (χ3n) is 4.97. The summed E-state index contributed by atoms with van der Waals surface area (Å²) < 4.78 is 13.3. The van der Waals surface area contributed by atoms with Crippen LogP contribution in [0.5, 0.6) is 0 Å². The summed E-state index contributed by atoms with van der Waals surface area (Å²) in [6.07, 6.45) is 4.06. The van der Waals surface area contributed by atoms with Crippen molar-refractivity contribution in [3.8, 4) is 0 Å². The van der Waals surface area contributed by atoms with E-state index in [1.165, 1.54) is 17.7 Å². The van der Waals surface area contributed by atoms with E-state index in [1.54, 1.807) is 12.1 Å². The number of pyridine rings is 1. The number of piperidine rings is 1. The molecule has 1 aliphatic heterocycles. The smallest absolute Gasteiger partial charge is 0.306 e. The molecule has 3 rings (SSSR count). The van der Waals surface area contributed by atoms with E-state index < -0.39 is 5.97 Å². The second-order valence-corrected chi connectivity index (χ2v) is 6.55. The quantitative estimate of drug-likeness (QED) is 0.901. The molecule has 0 aliphatic carbocycles. The average molecular weight is 342 g/mol. The van der Waals surface area contributed by atoms with Gasteiger partial charge in [-0.1, -0.05) is 25.1 Å². The van der Waals surface area contributed by atoms with E-state index in [4.69, 9.17) is 0 Å². The van der Waals surface area contributed by atoms with E-state index in [0.717, 1.165) is 17.7 Å². The van der Waals surface area contributed by atoms with Crippen LogP contribution in [-0.4, -0.2) is 34.0 Å². The highest BCUT2D eigenvalue weighted by molar-refractivity contribution is 5.70. The van der Waals surface area contributed by atoms with Gasteiger partial charge >= 0.3 is 5.97 Å². The van der Waals surface area contributed by atoms with Gasteiger partial charge in [-0.2, -0.15) is 0 Å². The monoisotopic (exact) mass is 342 g/mol. The van der Waals surface area contributed by atoms with Crippen LogP contribution in [0.15, 0.2) is 42.6 Å². The molecule has 0 saturated carbocycles. The number of carbonyl (C=O) groups is 1. The number of nitrogens with zero attached hydrogens (tertiary/aromatic N) is 2. The van der Waals surface area contributed by atoms with Crippen LogP contribution in [-0.2, 0) is 11.2 Å². The SMILES string of the molecule is CCc1ccc(C(c2ccc(F)cc2)N2CCC(C(=O)O)CC2)nc1. The van der Waals surface area contributed by atoms with Gasteiger partial charge < -0.3 is 5.11 Å². The van der Waals surface area contributed by atoms with Gasteiger partial charge in [-0.3, -0.25) is 14.7 Å².